The Labute approximate surface area is 238 Å². The van der Waals surface area contributed by atoms with Crippen LogP contribution in [-0.4, -0.2) is 59.3 Å². The molecule has 2 aromatic carbocycles. The summed E-state index contributed by atoms with van der Waals surface area (Å²) in [6, 6.07) is 18.0. The Kier molecular flexibility index (Phi) is 23.6. The number of aromatic carboxylic acids is 1. The number of nitrogens with zero attached hydrogens (tertiary/aromatic N) is 2. The monoisotopic (exact) mass is 581 g/mol. The molecule has 0 aromatic heterocycles. The highest BCUT2D eigenvalue weighted by Gasteiger charge is 2.41. The number of rotatable bonds is 6. The number of ether oxygens (including phenoxy) is 1. The fourth-order valence-corrected chi connectivity index (χ4v) is 3.91. The van der Waals surface area contributed by atoms with Crippen LogP contribution < -0.4 is 0 Å². The maximum absolute atomic E-state index is 11.2. The Morgan fingerprint density at radius 1 is 1.11 bits per heavy atom. The summed E-state index contributed by atoms with van der Waals surface area (Å²) in [4.78, 5) is 22.2. The zero-order valence-corrected chi connectivity index (χ0v) is 22.5. The number of carboxylic acids is 1. The summed E-state index contributed by atoms with van der Waals surface area (Å²) in [5, 5.41) is 27.7. The van der Waals surface area contributed by atoms with Crippen molar-refractivity contribution in [2.45, 2.75) is 44.9 Å². The Morgan fingerprint density at radius 3 is 2.03 bits per heavy atom. The van der Waals surface area contributed by atoms with Gasteiger partial charge in [-0.15, -0.1) is 11.6 Å². The van der Waals surface area contributed by atoms with E-state index in [4.69, 9.17) is 27.2 Å². The molecule has 0 spiro atoms. The molecular weight excluding hydrogens is 552 g/mol. The summed E-state index contributed by atoms with van der Waals surface area (Å²) in [6.45, 7) is 0. The average molecular weight is 582 g/mol. The first-order valence-electron chi connectivity index (χ1n) is 10.6. The molecule has 0 unspecified atom stereocenters. The van der Waals surface area contributed by atoms with Crippen molar-refractivity contribution in [3.63, 3.8) is 0 Å². The van der Waals surface area contributed by atoms with Crippen LogP contribution in [0.5, 0.6) is 0 Å². The molecule has 1 N–H and O–H groups in total. The number of hydrogen-bond donors (Lipinski definition) is 1. The van der Waals surface area contributed by atoms with E-state index < -0.39 is 17.4 Å². The van der Waals surface area contributed by atoms with Gasteiger partial charge >= 0.3 is 11.9 Å². The molecule has 0 atom stereocenters. The molecule has 191 valence electrons. The molecule has 0 bridgehead atoms. The number of nitriles is 2. The fraction of sp³-hybridized carbons (Fsp3) is 0.385. The van der Waals surface area contributed by atoms with Gasteiger partial charge in [0.1, 0.15) is 0 Å². The second kappa shape index (κ2) is 22.5. The van der Waals surface area contributed by atoms with Crippen molar-refractivity contribution in [1.82, 2.24) is 0 Å². The van der Waals surface area contributed by atoms with E-state index in [9.17, 15) is 9.59 Å². The minimum absolute atomic E-state index is 0. The lowest BCUT2D eigenvalue weighted by Crippen LogP contribution is -2.34. The van der Waals surface area contributed by atoms with Gasteiger partial charge in [0, 0.05) is 35.1 Å². The molecule has 0 aliphatic heterocycles. The van der Waals surface area contributed by atoms with E-state index in [-0.39, 0.29) is 27.8 Å². The first kappa shape index (κ1) is 38.8. The number of methoxy groups -OCH3 is 1. The van der Waals surface area contributed by atoms with Gasteiger partial charge in [0.05, 0.1) is 42.2 Å². The quantitative estimate of drug-likeness (QED) is 0.279. The van der Waals surface area contributed by atoms with Crippen LogP contribution in [0, 0.1) is 22.7 Å². The smallest absolute Gasteiger partial charge is 0.338 e. The molecule has 2 aromatic rings. The normalized spacial score (nSPS) is 11.5. The summed E-state index contributed by atoms with van der Waals surface area (Å²) in [6.07, 6.45) is 3.84. The maximum atomic E-state index is 11.2. The highest BCUT2D eigenvalue weighted by molar-refractivity contribution is 9.09. The van der Waals surface area contributed by atoms with Crippen LogP contribution in [0.15, 0.2) is 48.5 Å². The lowest BCUT2D eigenvalue weighted by atomic mass is 9.64. The summed E-state index contributed by atoms with van der Waals surface area (Å²) in [7, 11) is 9.32. The summed E-state index contributed by atoms with van der Waals surface area (Å²) >= 11 is 8.50. The SMILES string of the molecule is C.COC(=O)c1ccccc1CC#N.ClCCCBr.N#CC1(c2ccccc2C(=O)O)CCC1.[B].[B][B]. The molecule has 1 aliphatic rings. The van der Waals surface area contributed by atoms with E-state index in [1.54, 1.807) is 48.5 Å². The van der Waals surface area contributed by atoms with Crippen molar-refractivity contribution in [3.05, 3.63) is 70.8 Å². The zero-order valence-electron chi connectivity index (χ0n) is 20.1. The number of esters is 1. The molecule has 11 heteroatoms. The molecule has 0 saturated heterocycles. The molecule has 6 nitrogen and oxygen atoms in total. The molecule has 0 amide bonds. The van der Waals surface area contributed by atoms with Gasteiger partial charge in [0.25, 0.3) is 0 Å². The van der Waals surface area contributed by atoms with Gasteiger partial charge < -0.3 is 9.84 Å². The molecule has 1 fully saturated rings. The van der Waals surface area contributed by atoms with E-state index in [2.05, 4.69) is 42.2 Å². The minimum atomic E-state index is -0.952. The second-order valence-electron chi connectivity index (χ2n) is 7.11. The van der Waals surface area contributed by atoms with Gasteiger partial charge in [0.15, 0.2) is 0 Å². The van der Waals surface area contributed by atoms with E-state index >= 15 is 0 Å². The number of benzene rings is 2. The van der Waals surface area contributed by atoms with Gasteiger partial charge in [-0.2, -0.15) is 10.5 Å². The van der Waals surface area contributed by atoms with Crippen molar-refractivity contribution in [1.29, 1.82) is 10.5 Å². The van der Waals surface area contributed by atoms with Crippen molar-refractivity contribution in [2.24, 2.45) is 0 Å². The Morgan fingerprint density at radius 2 is 1.65 bits per heavy atom. The Hall–Kier alpha value is -2.68. The second-order valence-corrected chi connectivity index (χ2v) is 8.28. The van der Waals surface area contributed by atoms with Crippen LogP contribution in [0.1, 0.15) is 65.0 Å². The van der Waals surface area contributed by atoms with Gasteiger partial charge in [-0.05, 0) is 48.9 Å². The highest BCUT2D eigenvalue weighted by Crippen LogP contribution is 2.44. The third kappa shape index (κ3) is 12.4. The molecule has 1 saturated carbocycles. The number of carboxylic acid groups (broad SMARTS) is 1. The lowest BCUT2D eigenvalue weighted by molar-refractivity contribution is 0.0598. The molecule has 0 heterocycles. The van der Waals surface area contributed by atoms with Gasteiger partial charge in [0.2, 0.25) is 0 Å². The topological polar surface area (TPSA) is 111 Å². The van der Waals surface area contributed by atoms with Crippen molar-refractivity contribution < 1.29 is 19.4 Å². The largest absolute Gasteiger partial charge is 0.478 e. The molecule has 37 heavy (non-hydrogen) atoms. The number of carbonyl (C=O) groups excluding carboxylic acids is 1. The molecule has 7 radical (unpaired) electrons. The van der Waals surface area contributed by atoms with E-state index in [1.807, 2.05) is 6.07 Å². The van der Waals surface area contributed by atoms with Crippen molar-refractivity contribution >= 4 is 63.4 Å². The molecule has 3 rings (SSSR count). The van der Waals surface area contributed by atoms with Crippen LogP contribution in [0.3, 0.4) is 0 Å². The van der Waals surface area contributed by atoms with Crippen LogP contribution >= 0.6 is 27.5 Å². The van der Waals surface area contributed by atoms with Crippen molar-refractivity contribution in [3.8, 4) is 12.1 Å². The number of hydrogen-bond acceptors (Lipinski definition) is 5. The predicted molar refractivity (Wildman–Crippen MR) is 155 cm³/mol. The summed E-state index contributed by atoms with van der Waals surface area (Å²) in [5.74, 6) is -0.580. The maximum Gasteiger partial charge on any atom is 0.338 e. The van der Waals surface area contributed by atoms with E-state index in [0.717, 1.165) is 36.9 Å². The number of carbonyl (C=O) groups is 2. The van der Waals surface area contributed by atoms with Gasteiger partial charge in [-0.3, -0.25) is 0 Å². The van der Waals surface area contributed by atoms with Crippen LogP contribution in [0.4, 0.5) is 0 Å². The van der Waals surface area contributed by atoms with Crippen LogP contribution in [-0.2, 0) is 16.6 Å². The van der Waals surface area contributed by atoms with Crippen molar-refractivity contribution in [2.75, 3.05) is 18.3 Å². The Bertz CT molecular complexity index is 1020. The van der Waals surface area contributed by atoms with Crippen LogP contribution in [0.25, 0.3) is 0 Å². The lowest BCUT2D eigenvalue weighted by Gasteiger charge is -2.36. The molecule has 1 aliphatic carbocycles. The highest BCUT2D eigenvalue weighted by atomic mass is 79.9. The zero-order chi connectivity index (χ0) is 26.7. The first-order chi connectivity index (χ1) is 16.9. The molecular formula is C26H30B3BrClN2O4. The van der Waals surface area contributed by atoms with E-state index in [1.165, 1.54) is 7.11 Å². The fourth-order valence-electron chi connectivity index (χ4n) is 3.18. The number of alkyl halides is 2. The first-order valence-corrected chi connectivity index (χ1v) is 12.3. The third-order valence-corrected chi connectivity index (χ3v) is 5.88. The Balaban J connectivity index is -0.000000484. The predicted octanol–water partition coefficient (Wildman–Crippen LogP) is 5.37. The number of halogens is 2. The van der Waals surface area contributed by atoms with Gasteiger partial charge in [-0.25, -0.2) is 9.59 Å². The van der Waals surface area contributed by atoms with Gasteiger partial charge in [-0.1, -0.05) is 59.8 Å². The third-order valence-electron chi connectivity index (χ3n) is 5.05. The van der Waals surface area contributed by atoms with E-state index in [0.29, 0.717) is 16.7 Å². The standard InChI is InChI=1S/C12H11NO2.C10H9NO2.C3H6BrCl.CH4.B2.B/c13-8-12(6-3-7-12)10-5-2-1-4-9(10)11(14)15;1-13-10(12)9-5-3-2-4-8(9)6-7-11;4-2-1-3-5;;1-2;/h1-2,4-5H,3,6-7H2,(H,14,15);2-5H,6H2,1H3;1-3H2;1H4;;. The summed E-state index contributed by atoms with van der Waals surface area (Å²) < 4.78 is 4.57. The summed E-state index contributed by atoms with van der Waals surface area (Å²) in [5.41, 5.74) is 1.56. The average Bonchev–Trinajstić information content (AvgIpc) is 2.86. The van der Waals surface area contributed by atoms with Crippen LogP contribution in [0.2, 0.25) is 0 Å². The minimum Gasteiger partial charge on any atom is -0.478 e.